The molecule has 0 N–H and O–H groups in total. The highest BCUT2D eigenvalue weighted by Crippen LogP contribution is 2.19. The Morgan fingerprint density at radius 3 is 1.30 bits per heavy atom. The van der Waals surface area contributed by atoms with Gasteiger partial charge in [0.15, 0.2) is 0 Å². The molecule has 2 aliphatic rings. The van der Waals surface area contributed by atoms with E-state index in [0.29, 0.717) is 58.5 Å². The number of hydrogen-bond acceptors (Lipinski definition) is 10. The van der Waals surface area contributed by atoms with Crippen LogP contribution in [0, 0.1) is 0 Å². The van der Waals surface area contributed by atoms with E-state index in [1.54, 1.807) is 21.3 Å². The molecule has 0 aromatic rings. The zero-order chi connectivity index (χ0) is 24.4. The van der Waals surface area contributed by atoms with Gasteiger partial charge >= 0.3 is 17.6 Å². The Bertz CT molecular complexity index is 437. The minimum absolute atomic E-state index is 0.331. The Labute approximate surface area is 202 Å². The molecule has 2 saturated heterocycles. The third kappa shape index (κ3) is 14.2. The normalized spacial score (nSPS) is 19.8. The van der Waals surface area contributed by atoms with E-state index in [1.807, 2.05) is 20.8 Å². The van der Waals surface area contributed by atoms with Crippen molar-refractivity contribution < 1.29 is 45.5 Å². The fraction of sp³-hybridized carbons (Fsp3) is 1.00. The summed E-state index contributed by atoms with van der Waals surface area (Å²) in [6, 6.07) is 1.59. The fourth-order valence-corrected chi connectivity index (χ4v) is 7.37. The highest BCUT2D eigenvalue weighted by molar-refractivity contribution is 6.61. The lowest BCUT2D eigenvalue weighted by Gasteiger charge is -2.28. The van der Waals surface area contributed by atoms with Crippen LogP contribution in [0.25, 0.3) is 0 Å². The molecule has 0 bridgehead atoms. The van der Waals surface area contributed by atoms with Crippen LogP contribution in [-0.4, -0.2) is 111 Å². The highest BCUT2D eigenvalue weighted by atomic mass is 28.4. The molecule has 0 aliphatic carbocycles. The van der Waals surface area contributed by atoms with Crippen molar-refractivity contribution in [3.63, 3.8) is 0 Å². The summed E-state index contributed by atoms with van der Waals surface area (Å²) in [5.41, 5.74) is 0. The van der Waals surface area contributed by atoms with Crippen LogP contribution < -0.4 is 0 Å². The maximum atomic E-state index is 5.76. The van der Waals surface area contributed by atoms with Crippen LogP contribution in [0.1, 0.15) is 33.6 Å². The van der Waals surface area contributed by atoms with Crippen LogP contribution in [0.2, 0.25) is 12.1 Å². The van der Waals surface area contributed by atoms with Gasteiger partial charge in [0.25, 0.3) is 0 Å². The lowest BCUT2D eigenvalue weighted by atomic mass is 10.5. The van der Waals surface area contributed by atoms with Crippen molar-refractivity contribution in [1.29, 1.82) is 0 Å². The number of epoxide rings is 2. The van der Waals surface area contributed by atoms with Crippen molar-refractivity contribution in [2.45, 2.75) is 57.9 Å². The molecule has 10 nitrogen and oxygen atoms in total. The minimum Gasteiger partial charge on any atom is -0.379 e. The average molecular weight is 515 g/mol. The molecule has 0 spiro atoms. The summed E-state index contributed by atoms with van der Waals surface area (Å²) in [5.74, 6) is 0. The Morgan fingerprint density at radius 2 is 1.00 bits per heavy atom. The number of ether oxygens (including phenoxy) is 4. The van der Waals surface area contributed by atoms with Gasteiger partial charge in [-0.3, -0.25) is 0 Å². The lowest BCUT2D eigenvalue weighted by Crippen LogP contribution is -2.46. The number of rotatable bonds is 21. The van der Waals surface area contributed by atoms with E-state index < -0.39 is 17.6 Å². The molecule has 0 amide bonds. The van der Waals surface area contributed by atoms with Gasteiger partial charge in [-0.2, -0.15) is 0 Å². The summed E-state index contributed by atoms with van der Waals surface area (Å²) >= 11 is 0. The second-order valence-corrected chi connectivity index (χ2v) is 13.4. The smallest absolute Gasteiger partial charge is 0.379 e. The van der Waals surface area contributed by atoms with E-state index in [-0.39, 0.29) is 0 Å². The maximum absolute atomic E-state index is 5.76. The molecule has 0 aromatic heterocycles. The molecular weight excluding hydrogens is 468 g/mol. The maximum Gasteiger partial charge on any atom is 0.501 e. The van der Waals surface area contributed by atoms with E-state index in [2.05, 4.69) is 0 Å². The summed E-state index contributed by atoms with van der Waals surface area (Å²) in [5, 5.41) is 0. The van der Waals surface area contributed by atoms with Gasteiger partial charge in [0.05, 0.1) is 26.4 Å². The molecule has 33 heavy (non-hydrogen) atoms. The van der Waals surface area contributed by atoms with E-state index in [4.69, 9.17) is 45.5 Å². The largest absolute Gasteiger partial charge is 0.501 e. The predicted molar refractivity (Wildman–Crippen MR) is 127 cm³/mol. The zero-order valence-electron chi connectivity index (χ0n) is 21.4. The van der Waals surface area contributed by atoms with E-state index >= 15 is 0 Å². The Balaban J connectivity index is 0.000000335. The molecule has 0 aromatic carbocycles. The second-order valence-electron chi connectivity index (χ2n) is 7.55. The Kier molecular flexibility index (Phi) is 17.2. The van der Waals surface area contributed by atoms with Crippen molar-refractivity contribution >= 4 is 17.6 Å². The Morgan fingerprint density at radius 1 is 0.636 bits per heavy atom. The van der Waals surface area contributed by atoms with Crippen LogP contribution >= 0.6 is 0 Å². The quantitative estimate of drug-likeness (QED) is 0.129. The highest BCUT2D eigenvalue weighted by Gasteiger charge is 2.39. The van der Waals surface area contributed by atoms with Crippen molar-refractivity contribution in [1.82, 2.24) is 0 Å². The first kappa shape index (κ1) is 31.1. The Hall–Kier alpha value is 0.0338. The zero-order valence-corrected chi connectivity index (χ0v) is 23.4. The van der Waals surface area contributed by atoms with Crippen LogP contribution in [0.15, 0.2) is 0 Å². The van der Waals surface area contributed by atoms with E-state index in [9.17, 15) is 0 Å². The number of hydrogen-bond donors (Lipinski definition) is 0. The van der Waals surface area contributed by atoms with E-state index in [0.717, 1.165) is 38.1 Å². The van der Waals surface area contributed by atoms with Gasteiger partial charge in [0.1, 0.15) is 12.2 Å². The fourth-order valence-electron chi connectivity index (χ4n) is 3.10. The molecule has 0 saturated carbocycles. The van der Waals surface area contributed by atoms with Crippen LogP contribution in [0.4, 0.5) is 0 Å². The summed E-state index contributed by atoms with van der Waals surface area (Å²) < 4.78 is 54.2. The average Bonchev–Trinajstić information content (AvgIpc) is 3.73. The molecular formula is C21H46O10Si2. The van der Waals surface area contributed by atoms with Crippen molar-refractivity contribution in [3.8, 4) is 0 Å². The molecule has 198 valence electrons. The first-order chi connectivity index (χ1) is 16.0. The van der Waals surface area contributed by atoms with Gasteiger partial charge in [-0.1, -0.05) is 0 Å². The van der Waals surface area contributed by atoms with Gasteiger partial charge < -0.3 is 45.5 Å². The first-order valence-electron chi connectivity index (χ1n) is 12.0. The van der Waals surface area contributed by atoms with Gasteiger partial charge in [-0.25, -0.2) is 0 Å². The molecule has 2 fully saturated rings. The van der Waals surface area contributed by atoms with Crippen molar-refractivity contribution in [2.24, 2.45) is 0 Å². The van der Waals surface area contributed by atoms with Gasteiger partial charge in [-0.15, -0.1) is 0 Å². The molecule has 2 aliphatic heterocycles. The molecule has 2 unspecified atom stereocenters. The summed E-state index contributed by atoms with van der Waals surface area (Å²) in [6.45, 7) is 12.3. The molecule has 2 heterocycles. The summed E-state index contributed by atoms with van der Waals surface area (Å²) in [6.07, 6.45) is 2.45. The SMILES string of the molecule is CCO[Si](CCCOCC1CO1)(OCC)OCC.CO[Si](CCCOCC1CO1)(OC)OC. The van der Waals surface area contributed by atoms with Crippen molar-refractivity contribution in [3.05, 3.63) is 0 Å². The topological polar surface area (TPSA) is 98.9 Å². The van der Waals surface area contributed by atoms with Crippen LogP contribution in [-0.2, 0) is 45.5 Å². The first-order valence-corrected chi connectivity index (χ1v) is 15.8. The molecule has 2 rings (SSSR count). The van der Waals surface area contributed by atoms with Gasteiger partial charge in [0.2, 0.25) is 0 Å². The van der Waals surface area contributed by atoms with Crippen molar-refractivity contribution in [2.75, 3.05) is 80.8 Å². The van der Waals surface area contributed by atoms with Gasteiger partial charge in [-0.05, 0) is 33.6 Å². The standard InChI is InChI=1S/C12H26O5Si.C9H20O5Si/c1-4-15-18(16-5-2,17-6-3)9-7-8-13-10-12-11-14-12;1-10-15(11-2,12-3)6-4-5-13-7-9-8-14-9/h12H,4-11H2,1-3H3;9H,4-8H2,1-3H3. The molecule has 2 atom stereocenters. The predicted octanol–water partition coefficient (Wildman–Crippen LogP) is 2.51. The van der Waals surface area contributed by atoms with Gasteiger partial charge in [0, 0.05) is 66.5 Å². The monoisotopic (exact) mass is 514 g/mol. The second kappa shape index (κ2) is 18.3. The lowest BCUT2D eigenvalue weighted by molar-refractivity contribution is 0.0648. The minimum atomic E-state index is -2.47. The van der Waals surface area contributed by atoms with Crippen LogP contribution in [0.5, 0.6) is 0 Å². The molecule has 0 radical (unpaired) electrons. The third-order valence-electron chi connectivity index (χ3n) is 4.98. The summed E-state index contributed by atoms with van der Waals surface area (Å²) in [7, 11) is 0.0108. The third-order valence-corrected chi connectivity index (χ3v) is 11.0. The van der Waals surface area contributed by atoms with Crippen LogP contribution in [0.3, 0.4) is 0 Å². The molecule has 12 heteroatoms. The van der Waals surface area contributed by atoms with E-state index in [1.165, 1.54) is 0 Å². The summed E-state index contributed by atoms with van der Waals surface area (Å²) in [4.78, 5) is 0.